The normalized spacial score (nSPS) is 13.3. The van der Waals surface area contributed by atoms with Crippen molar-refractivity contribution in [1.29, 1.82) is 0 Å². The second-order valence-electron chi connectivity index (χ2n) is 5.76. The van der Waals surface area contributed by atoms with Crippen molar-refractivity contribution in [2.24, 2.45) is 0 Å². The molecule has 1 nitrogen and oxygen atoms in total. The first-order valence-corrected chi connectivity index (χ1v) is 14.7. The van der Waals surface area contributed by atoms with Crippen LogP contribution in [0.4, 0.5) is 0 Å². The molecule has 0 aliphatic heterocycles. The third-order valence-electron chi connectivity index (χ3n) is 5.61. The molecule has 0 fully saturated rings. The summed E-state index contributed by atoms with van der Waals surface area (Å²) in [5.41, 5.74) is 0. The number of hydrogen-bond acceptors (Lipinski definition) is 1. The molecule has 0 rings (SSSR count). The van der Waals surface area contributed by atoms with Gasteiger partial charge in [0.05, 0.1) is 0 Å². The first kappa shape index (κ1) is 19.9. The van der Waals surface area contributed by atoms with Crippen molar-refractivity contribution in [3.8, 4) is 0 Å². The second kappa shape index (κ2) is 9.75. The van der Waals surface area contributed by atoms with E-state index in [1.807, 2.05) is 0 Å². The van der Waals surface area contributed by atoms with E-state index >= 15 is 0 Å². The molecule has 0 heterocycles. The van der Waals surface area contributed by atoms with E-state index in [1.165, 1.54) is 49.2 Å². The molecule has 0 N–H and O–H groups in total. The highest BCUT2D eigenvalue weighted by atomic mass is 79.9. The van der Waals surface area contributed by atoms with Gasteiger partial charge >= 0.3 is 0 Å². The van der Waals surface area contributed by atoms with Gasteiger partial charge in [-0.2, -0.15) is 0 Å². The number of halogens is 1. The molecule has 0 aromatic heterocycles. The Kier molecular flexibility index (Phi) is 10.2. The van der Waals surface area contributed by atoms with Gasteiger partial charge in [-0.05, 0) is 49.2 Å². The summed E-state index contributed by atoms with van der Waals surface area (Å²) in [5.74, 6) is 0. The maximum Gasteiger partial charge on any atom is 0.120 e. The van der Waals surface area contributed by atoms with Crippen LogP contribution in [0, 0.1) is 0 Å². The molecule has 19 heavy (non-hydrogen) atoms. The van der Waals surface area contributed by atoms with E-state index in [1.54, 1.807) is 0 Å². The molecule has 0 atom stereocenters. The molecule has 0 aromatic rings. The van der Waals surface area contributed by atoms with Crippen LogP contribution in [0.2, 0.25) is 36.3 Å². The van der Waals surface area contributed by atoms with Crippen molar-refractivity contribution in [1.82, 2.24) is 4.23 Å². The first-order chi connectivity index (χ1) is 9.06. The monoisotopic (exact) mass is 365 g/mol. The Morgan fingerprint density at radius 2 is 1.00 bits per heavy atom. The van der Waals surface area contributed by atoms with Crippen LogP contribution in [0.25, 0.3) is 0 Å². The van der Waals surface area contributed by atoms with Gasteiger partial charge in [0.25, 0.3) is 0 Å². The fraction of sp³-hybridized carbons (Fsp3) is 1.00. The summed E-state index contributed by atoms with van der Waals surface area (Å²) < 4.78 is 3.17. The molecule has 0 spiro atoms. The summed E-state index contributed by atoms with van der Waals surface area (Å²) in [6.45, 7) is 16.1. The fourth-order valence-electron chi connectivity index (χ4n) is 3.84. The van der Waals surface area contributed by atoms with E-state index in [2.05, 4.69) is 61.7 Å². The zero-order chi connectivity index (χ0) is 14.9. The molecule has 0 saturated heterocycles. The van der Waals surface area contributed by atoms with Crippen LogP contribution >= 0.6 is 15.9 Å². The van der Waals surface area contributed by atoms with Crippen LogP contribution in [0.5, 0.6) is 0 Å². The minimum absolute atomic E-state index is 1.16. The average Bonchev–Trinajstić information content (AvgIpc) is 2.48. The minimum Gasteiger partial charge on any atom is -0.345 e. The predicted octanol–water partition coefficient (Wildman–Crippen LogP) is 6.08. The standard InChI is InChI=1S/C15H36BrNSi2/c1-7-18(8-2,9-3)17(15-13-14-16)19(10-4,11-5)12-6/h7-15H2,1-6H3. The van der Waals surface area contributed by atoms with E-state index in [0.29, 0.717) is 0 Å². The molecular formula is C15H36BrNSi2. The largest absolute Gasteiger partial charge is 0.345 e. The lowest BCUT2D eigenvalue weighted by Gasteiger charge is -2.52. The van der Waals surface area contributed by atoms with Crippen molar-refractivity contribution in [3.63, 3.8) is 0 Å². The first-order valence-electron chi connectivity index (χ1n) is 8.39. The third kappa shape index (κ3) is 4.42. The number of hydrogen-bond donors (Lipinski definition) is 0. The molecule has 0 saturated carbocycles. The Balaban J connectivity index is 5.49. The summed E-state index contributed by atoms with van der Waals surface area (Å²) in [7, 11) is -2.42. The lowest BCUT2D eigenvalue weighted by Crippen LogP contribution is -2.66. The van der Waals surface area contributed by atoms with Crippen LogP contribution < -0.4 is 0 Å². The summed E-state index contributed by atoms with van der Waals surface area (Å²) in [6, 6.07) is 8.65. The molecule has 0 aliphatic carbocycles. The van der Waals surface area contributed by atoms with Gasteiger partial charge in [-0.3, -0.25) is 0 Å². The van der Waals surface area contributed by atoms with Crippen LogP contribution in [0.3, 0.4) is 0 Å². The van der Waals surface area contributed by atoms with E-state index in [-0.39, 0.29) is 0 Å². The minimum atomic E-state index is -1.21. The molecule has 0 radical (unpaired) electrons. The molecule has 0 amide bonds. The Morgan fingerprint density at radius 1 is 0.684 bits per heavy atom. The van der Waals surface area contributed by atoms with Crippen LogP contribution in [0.1, 0.15) is 48.0 Å². The molecular weight excluding hydrogens is 330 g/mol. The van der Waals surface area contributed by atoms with E-state index < -0.39 is 16.5 Å². The highest BCUT2D eigenvalue weighted by Gasteiger charge is 2.45. The van der Waals surface area contributed by atoms with Crippen LogP contribution in [0.15, 0.2) is 0 Å². The van der Waals surface area contributed by atoms with Gasteiger partial charge in [-0.1, -0.05) is 57.5 Å². The van der Waals surface area contributed by atoms with Crippen molar-refractivity contribution in [2.75, 3.05) is 11.9 Å². The van der Waals surface area contributed by atoms with Gasteiger partial charge in [-0.15, -0.1) is 0 Å². The Hall–Kier alpha value is 0.874. The molecule has 0 unspecified atom stereocenters. The lowest BCUT2D eigenvalue weighted by molar-refractivity contribution is 0.569. The molecule has 0 aliphatic rings. The SMILES string of the molecule is CC[Si](CC)(CC)N(CCCBr)[Si](CC)(CC)CC. The van der Waals surface area contributed by atoms with E-state index in [4.69, 9.17) is 0 Å². The quantitative estimate of drug-likeness (QED) is 0.316. The average molecular weight is 367 g/mol. The van der Waals surface area contributed by atoms with Crippen molar-refractivity contribution in [2.45, 2.75) is 84.2 Å². The third-order valence-corrected chi connectivity index (χ3v) is 19.7. The van der Waals surface area contributed by atoms with Crippen molar-refractivity contribution >= 4 is 32.4 Å². The van der Waals surface area contributed by atoms with Gasteiger partial charge < -0.3 is 4.23 Å². The molecule has 0 bridgehead atoms. The van der Waals surface area contributed by atoms with Crippen molar-refractivity contribution in [3.05, 3.63) is 0 Å². The number of nitrogens with zero attached hydrogens (tertiary/aromatic N) is 1. The van der Waals surface area contributed by atoms with Crippen LogP contribution in [-0.4, -0.2) is 32.6 Å². The molecule has 116 valence electrons. The number of alkyl halides is 1. The fourth-order valence-corrected chi connectivity index (χ4v) is 17.5. The van der Waals surface area contributed by atoms with E-state index in [9.17, 15) is 0 Å². The maximum atomic E-state index is 3.65. The second-order valence-corrected chi connectivity index (χ2v) is 17.2. The molecule has 4 heteroatoms. The van der Waals surface area contributed by atoms with Gasteiger partial charge in [0.15, 0.2) is 0 Å². The summed E-state index contributed by atoms with van der Waals surface area (Å²) in [4.78, 5) is 0. The predicted molar refractivity (Wildman–Crippen MR) is 99.5 cm³/mol. The Labute approximate surface area is 132 Å². The maximum absolute atomic E-state index is 3.65. The van der Waals surface area contributed by atoms with Gasteiger partial charge in [0.2, 0.25) is 0 Å². The number of rotatable bonds is 11. The zero-order valence-electron chi connectivity index (χ0n) is 14.2. The lowest BCUT2D eigenvalue weighted by atomic mass is 10.5. The summed E-state index contributed by atoms with van der Waals surface area (Å²) >= 11 is 3.65. The topological polar surface area (TPSA) is 3.24 Å². The summed E-state index contributed by atoms with van der Waals surface area (Å²) in [6.07, 6.45) is 1.32. The highest BCUT2D eigenvalue weighted by Crippen LogP contribution is 2.35. The van der Waals surface area contributed by atoms with Crippen LogP contribution in [-0.2, 0) is 0 Å². The Bertz CT molecular complexity index is 192. The Morgan fingerprint density at radius 3 is 1.21 bits per heavy atom. The smallest absolute Gasteiger partial charge is 0.120 e. The zero-order valence-corrected chi connectivity index (χ0v) is 17.8. The van der Waals surface area contributed by atoms with Gasteiger partial charge in [-0.25, -0.2) is 0 Å². The van der Waals surface area contributed by atoms with Gasteiger partial charge in [0, 0.05) is 5.33 Å². The van der Waals surface area contributed by atoms with Gasteiger partial charge in [0.1, 0.15) is 16.5 Å². The molecule has 0 aromatic carbocycles. The van der Waals surface area contributed by atoms with Crippen molar-refractivity contribution < 1.29 is 0 Å². The van der Waals surface area contributed by atoms with E-state index in [0.717, 1.165) is 5.33 Å². The summed E-state index contributed by atoms with van der Waals surface area (Å²) in [5, 5.41) is 1.16. The highest BCUT2D eigenvalue weighted by molar-refractivity contribution is 9.09.